The zero-order valence-electron chi connectivity index (χ0n) is 10.0. The molecule has 3 N–H and O–H groups in total. The molecule has 1 aliphatic rings. The molecule has 98 valence electrons. The molecule has 1 saturated carbocycles. The van der Waals surface area contributed by atoms with Gasteiger partial charge in [0, 0.05) is 18.2 Å². The van der Waals surface area contributed by atoms with Gasteiger partial charge < -0.3 is 20.2 Å². The molecule has 0 spiro atoms. The maximum Gasteiger partial charge on any atom is 0.254 e. The number of hydrogen-bond acceptors (Lipinski definition) is 4. The van der Waals surface area contributed by atoms with E-state index in [0.29, 0.717) is 12.1 Å². The van der Waals surface area contributed by atoms with Crippen molar-refractivity contribution in [3.8, 4) is 11.5 Å². The third-order valence-electron chi connectivity index (χ3n) is 3.34. The Labute approximate surface area is 105 Å². The van der Waals surface area contributed by atoms with Crippen LogP contribution in [0.2, 0.25) is 0 Å². The van der Waals surface area contributed by atoms with Gasteiger partial charge in [0.1, 0.15) is 0 Å². The van der Waals surface area contributed by atoms with E-state index in [-0.39, 0.29) is 30.1 Å². The van der Waals surface area contributed by atoms with Gasteiger partial charge in [0.25, 0.3) is 5.91 Å². The van der Waals surface area contributed by atoms with Crippen molar-refractivity contribution in [1.29, 1.82) is 0 Å². The third-order valence-corrected chi connectivity index (χ3v) is 3.34. The lowest BCUT2D eigenvalue weighted by atomic mass is 9.91. The van der Waals surface area contributed by atoms with Crippen molar-refractivity contribution in [2.45, 2.75) is 25.3 Å². The molecule has 0 atom stereocenters. The number of hydrogen-bond donors (Lipinski definition) is 3. The number of carbonyl (C=O) groups is 1. The van der Waals surface area contributed by atoms with E-state index in [4.69, 9.17) is 5.11 Å². The minimum Gasteiger partial charge on any atom is -0.504 e. The maximum atomic E-state index is 12.3. The lowest BCUT2D eigenvalue weighted by Crippen LogP contribution is -2.45. The van der Waals surface area contributed by atoms with Crippen LogP contribution in [0.1, 0.15) is 29.6 Å². The average molecular weight is 251 g/mol. The van der Waals surface area contributed by atoms with Crippen LogP contribution >= 0.6 is 0 Å². The van der Waals surface area contributed by atoms with Gasteiger partial charge in [-0.3, -0.25) is 4.79 Å². The fourth-order valence-corrected chi connectivity index (χ4v) is 2.08. The molecule has 1 aliphatic carbocycles. The first kappa shape index (κ1) is 12.7. The monoisotopic (exact) mass is 251 g/mol. The zero-order valence-corrected chi connectivity index (χ0v) is 10.0. The van der Waals surface area contributed by atoms with Crippen LogP contribution in [0, 0.1) is 0 Å². The first-order valence-electron chi connectivity index (χ1n) is 6.07. The maximum absolute atomic E-state index is 12.3. The Kier molecular flexibility index (Phi) is 3.72. The standard InChI is InChI=1S/C13H17NO4/c15-7-6-14(10-2-1-3-10)13(18)9-4-5-11(16)12(17)8-9/h4-5,8,10,15-17H,1-3,6-7H2. The van der Waals surface area contributed by atoms with Gasteiger partial charge in [-0.2, -0.15) is 0 Å². The highest BCUT2D eigenvalue weighted by Gasteiger charge is 2.29. The average Bonchev–Trinajstić information content (AvgIpc) is 2.29. The molecule has 0 aromatic heterocycles. The minimum atomic E-state index is -0.307. The molecule has 0 heterocycles. The Bertz CT molecular complexity index is 443. The molecule has 1 aromatic rings. The van der Waals surface area contributed by atoms with E-state index in [0.717, 1.165) is 19.3 Å². The van der Waals surface area contributed by atoms with Crippen molar-refractivity contribution in [2.24, 2.45) is 0 Å². The van der Waals surface area contributed by atoms with E-state index >= 15 is 0 Å². The molecule has 0 aliphatic heterocycles. The molecule has 1 amide bonds. The molecule has 0 saturated heterocycles. The van der Waals surface area contributed by atoms with Crippen LogP contribution in [-0.4, -0.2) is 45.3 Å². The van der Waals surface area contributed by atoms with E-state index in [9.17, 15) is 15.0 Å². The van der Waals surface area contributed by atoms with Gasteiger partial charge in [-0.05, 0) is 37.5 Å². The van der Waals surface area contributed by atoms with Crippen LogP contribution in [0.5, 0.6) is 11.5 Å². The van der Waals surface area contributed by atoms with Gasteiger partial charge in [0.05, 0.1) is 6.61 Å². The SMILES string of the molecule is O=C(c1ccc(O)c(O)c1)N(CCO)C1CCC1. The third kappa shape index (κ3) is 2.41. The lowest BCUT2D eigenvalue weighted by molar-refractivity contribution is 0.0525. The zero-order chi connectivity index (χ0) is 13.1. The number of aromatic hydroxyl groups is 2. The van der Waals surface area contributed by atoms with Gasteiger partial charge in [-0.25, -0.2) is 0 Å². The molecule has 2 rings (SSSR count). The smallest absolute Gasteiger partial charge is 0.254 e. The van der Waals surface area contributed by atoms with E-state index < -0.39 is 0 Å². The van der Waals surface area contributed by atoms with Crippen molar-refractivity contribution in [3.05, 3.63) is 23.8 Å². The Hall–Kier alpha value is -1.75. The number of phenols is 2. The van der Waals surface area contributed by atoms with Gasteiger partial charge in [-0.1, -0.05) is 0 Å². The summed E-state index contributed by atoms with van der Waals surface area (Å²) in [6, 6.07) is 4.20. The summed E-state index contributed by atoms with van der Waals surface area (Å²) in [7, 11) is 0. The summed E-state index contributed by atoms with van der Waals surface area (Å²) in [4.78, 5) is 13.9. The number of carbonyl (C=O) groups excluding carboxylic acids is 1. The predicted molar refractivity (Wildman–Crippen MR) is 65.5 cm³/mol. The van der Waals surface area contributed by atoms with Crippen molar-refractivity contribution in [1.82, 2.24) is 4.90 Å². The fourth-order valence-electron chi connectivity index (χ4n) is 2.08. The van der Waals surface area contributed by atoms with Gasteiger partial charge in [0.2, 0.25) is 0 Å². The van der Waals surface area contributed by atoms with Crippen molar-refractivity contribution >= 4 is 5.91 Å². The van der Waals surface area contributed by atoms with Crippen molar-refractivity contribution in [3.63, 3.8) is 0 Å². The van der Waals surface area contributed by atoms with Crippen LogP contribution in [0.25, 0.3) is 0 Å². The van der Waals surface area contributed by atoms with Gasteiger partial charge >= 0.3 is 0 Å². The van der Waals surface area contributed by atoms with Gasteiger partial charge in [0.15, 0.2) is 11.5 Å². The number of aliphatic hydroxyl groups excluding tert-OH is 1. The van der Waals surface area contributed by atoms with Crippen LogP contribution in [0.4, 0.5) is 0 Å². The number of nitrogens with zero attached hydrogens (tertiary/aromatic N) is 1. The van der Waals surface area contributed by atoms with E-state index in [1.54, 1.807) is 4.90 Å². The lowest BCUT2D eigenvalue weighted by Gasteiger charge is -2.37. The number of benzene rings is 1. The Morgan fingerprint density at radius 2 is 2.00 bits per heavy atom. The summed E-state index contributed by atoms with van der Waals surface area (Å²) in [6.45, 7) is 0.220. The Morgan fingerprint density at radius 1 is 1.28 bits per heavy atom. The number of amides is 1. The molecule has 18 heavy (non-hydrogen) atoms. The van der Waals surface area contributed by atoms with Crippen molar-refractivity contribution < 1.29 is 20.1 Å². The first-order chi connectivity index (χ1) is 8.63. The highest BCUT2D eigenvalue weighted by molar-refractivity contribution is 5.95. The highest BCUT2D eigenvalue weighted by Crippen LogP contribution is 2.29. The molecule has 5 heteroatoms. The predicted octanol–water partition coefficient (Wildman–Crippen LogP) is 1.08. The summed E-state index contributed by atoms with van der Waals surface area (Å²) < 4.78 is 0. The largest absolute Gasteiger partial charge is 0.504 e. The minimum absolute atomic E-state index is 0.0771. The van der Waals surface area contributed by atoms with Crippen LogP contribution in [0.3, 0.4) is 0 Å². The van der Waals surface area contributed by atoms with Crippen LogP contribution in [0.15, 0.2) is 18.2 Å². The summed E-state index contributed by atoms with van der Waals surface area (Å²) >= 11 is 0. The normalized spacial score (nSPS) is 15.2. The van der Waals surface area contributed by atoms with Crippen LogP contribution in [-0.2, 0) is 0 Å². The Balaban J connectivity index is 2.18. The topological polar surface area (TPSA) is 81.0 Å². The van der Waals surface area contributed by atoms with Gasteiger partial charge in [-0.15, -0.1) is 0 Å². The summed E-state index contributed by atoms with van der Waals surface area (Å²) in [5, 5.41) is 27.6. The molecule has 0 unspecified atom stereocenters. The van der Waals surface area contributed by atoms with Crippen LogP contribution < -0.4 is 0 Å². The second-order valence-corrected chi connectivity index (χ2v) is 4.51. The molecule has 5 nitrogen and oxygen atoms in total. The first-order valence-corrected chi connectivity index (χ1v) is 6.07. The summed E-state index contributed by atoms with van der Waals surface area (Å²) in [5.41, 5.74) is 0.325. The molecule has 0 bridgehead atoms. The molecule has 1 aromatic carbocycles. The second kappa shape index (κ2) is 5.27. The number of rotatable bonds is 4. The molecule has 1 fully saturated rings. The summed E-state index contributed by atoms with van der Waals surface area (Å²) in [6.07, 6.45) is 3.01. The van der Waals surface area contributed by atoms with E-state index in [2.05, 4.69) is 0 Å². The fraction of sp³-hybridized carbons (Fsp3) is 0.462. The highest BCUT2D eigenvalue weighted by atomic mass is 16.3. The van der Waals surface area contributed by atoms with Crippen molar-refractivity contribution in [2.75, 3.05) is 13.2 Å². The summed E-state index contributed by atoms with van der Waals surface area (Å²) in [5.74, 6) is -0.772. The van der Waals surface area contributed by atoms with E-state index in [1.807, 2.05) is 0 Å². The Morgan fingerprint density at radius 3 is 2.50 bits per heavy atom. The molecular weight excluding hydrogens is 234 g/mol. The molecular formula is C13H17NO4. The number of aliphatic hydroxyl groups is 1. The molecule has 0 radical (unpaired) electrons. The quantitative estimate of drug-likeness (QED) is 0.700. The van der Waals surface area contributed by atoms with E-state index in [1.165, 1.54) is 18.2 Å². The number of phenolic OH excluding ortho intramolecular Hbond substituents is 2. The second-order valence-electron chi connectivity index (χ2n) is 4.51.